The Morgan fingerprint density at radius 3 is 2.38 bits per heavy atom. The Hall–Kier alpha value is -2.14. The molecule has 1 N–H and O–H groups in total. The molecule has 2 rings (SSSR count). The van der Waals surface area contributed by atoms with Gasteiger partial charge in [-0.3, -0.25) is 0 Å². The first kappa shape index (κ1) is 15.3. The summed E-state index contributed by atoms with van der Waals surface area (Å²) in [4.78, 5) is 1.72. The van der Waals surface area contributed by atoms with Gasteiger partial charge in [0.15, 0.2) is 11.6 Å². The monoisotopic (exact) mass is 293 g/mol. The molecule has 0 saturated carbocycles. The van der Waals surface area contributed by atoms with Crippen LogP contribution in [0.1, 0.15) is 11.7 Å². The predicted octanol–water partition coefficient (Wildman–Crippen LogP) is 3.14. The summed E-state index contributed by atoms with van der Waals surface area (Å²) in [7, 11) is 3.15. The van der Waals surface area contributed by atoms with E-state index in [-0.39, 0.29) is 18.1 Å². The Balaban J connectivity index is 2.08. The molecule has 2 aromatic carbocycles. The van der Waals surface area contributed by atoms with Gasteiger partial charge in [-0.25, -0.2) is 8.78 Å². The first-order chi connectivity index (χ1) is 10.0. The minimum Gasteiger partial charge on any atom is -0.494 e. The van der Waals surface area contributed by atoms with Crippen molar-refractivity contribution >= 4 is 5.69 Å². The molecule has 5 heteroatoms. The molecular formula is C16H17F2NO2. The average Bonchev–Trinajstić information content (AvgIpc) is 2.47. The maximum absolute atomic E-state index is 13.7. The number of methoxy groups -OCH3 is 1. The molecule has 2 aromatic rings. The van der Waals surface area contributed by atoms with Gasteiger partial charge >= 0.3 is 0 Å². The summed E-state index contributed by atoms with van der Waals surface area (Å²) in [6, 6.07) is 10.2. The van der Waals surface area contributed by atoms with E-state index in [9.17, 15) is 13.9 Å². The number of aliphatic hydroxyl groups is 1. The Morgan fingerprint density at radius 2 is 1.81 bits per heavy atom. The van der Waals surface area contributed by atoms with Gasteiger partial charge in [0.05, 0.1) is 13.2 Å². The average molecular weight is 293 g/mol. The van der Waals surface area contributed by atoms with Crippen LogP contribution < -0.4 is 9.64 Å². The minimum absolute atomic E-state index is 0.172. The second-order valence-corrected chi connectivity index (χ2v) is 4.77. The number of ether oxygens (including phenoxy) is 1. The fourth-order valence-electron chi connectivity index (χ4n) is 2.05. The van der Waals surface area contributed by atoms with Gasteiger partial charge in [-0.1, -0.05) is 12.1 Å². The van der Waals surface area contributed by atoms with E-state index >= 15 is 0 Å². The molecule has 1 atom stereocenters. The second-order valence-electron chi connectivity index (χ2n) is 4.77. The van der Waals surface area contributed by atoms with E-state index < -0.39 is 11.9 Å². The van der Waals surface area contributed by atoms with Crippen LogP contribution in [0.5, 0.6) is 5.75 Å². The summed E-state index contributed by atoms with van der Waals surface area (Å²) in [5.41, 5.74) is 1.23. The molecule has 0 heterocycles. The summed E-state index contributed by atoms with van der Waals surface area (Å²) < 4.78 is 31.4. The largest absolute Gasteiger partial charge is 0.494 e. The Labute approximate surface area is 122 Å². The van der Waals surface area contributed by atoms with Crippen LogP contribution >= 0.6 is 0 Å². The molecule has 3 nitrogen and oxygen atoms in total. The van der Waals surface area contributed by atoms with Crippen LogP contribution in [0.4, 0.5) is 14.5 Å². The number of anilines is 1. The summed E-state index contributed by atoms with van der Waals surface area (Å²) in [6.45, 7) is 0.261. The molecule has 1 unspecified atom stereocenters. The van der Waals surface area contributed by atoms with Gasteiger partial charge in [0, 0.05) is 25.3 Å². The number of aliphatic hydroxyl groups excluding tert-OH is 1. The van der Waals surface area contributed by atoms with Crippen LogP contribution in [0, 0.1) is 11.6 Å². The summed E-state index contributed by atoms with van der Waals surface area (Å²) >= 11 is 0. The van der Waals surface area contributed by atoms with Crippen molar-refractivity contribution in [3.8, 4) is 5.75 Å². The lowest BCUT2D eigenvalue weighted by Gasteiger charge is -2.23. The number of hydrogen-bond donors (Lipinski definition) is 1. The zero-order chi connectivity index (χ0) is 15.4. The highest BCUT2D eigenvalue weighted by Gasteiger charge is 2.13. The third-order valence-electron chi connectivity index (χ3n) is 3.28. The van der Waals surface area contributed by atoms with Crippen molar-refractivity contribution in [2.45, 2.75) is 6.10 Å². The van der Waals surface area contributed by atoms with Crippen molar-refractivity contribution in [1.29, 1.82) is 0 Å². The van der Waals surface area contributed by atoms with Crippen molar-refractivity contribution in [3.63, 3.8) is 0 Å². The molecule has 0 radical (unpaired) electrons. The maximum Gasteiger partial charge on any atom is 0.167 e. The molecule has 0 bridgehead atoms. The molecule has 0 aromatic heterocycles. The third kappa shape index (κ3) is 3.70. The molecule has 0 aliphatic heterocycles. The number of benzene rings is 2. The fourth-order valence-corrected chi connectivity index (χ4v) is 2.05. The summed E-state index contributed by atoms with van der Waals surface area (Å²) in [5, 5.41) is 10.1. The molecule has 0 amide bonds. The van der Waals surface area contributed by atoms with Gasteiger partial charge in [0.1, 0.15) is 5.82 Å². The van der Waals surface area contributed by atoms with Crippen LogP contribution in [0.15, 0.2) is 42.5 Å². The van der Waals surface area contributed by atoms with E-state index in [0.29, 0.717) is 11.3 Å². The van der Waals surface area contributed by atoms with Crippen LogP contribution in [0.2, 0.25) is 0 Å². The van der Waals surface area contributed by atoms with Gasteiger partial charge in [0.25, 0.3) is 0 Å². The molecular weight excluding hydrogens is 276 g/mol. The van der Waals surface area contributed by atoms with Crippen LogP contribution in [0.3, 0.4) is 0 Å². The SMILES string of the molecule is COc1ccc(N(C)CC(O)c2ccc(F)cc2)cc1F. The van der Waals surface area contributed by atoms with E-state index in [1.165, 1.54) is 43.5 Å². The van der Waals surface area contributed by atoms with E-state index in [0.717, 1.165) is 0 Å². The highest BCUT2D eigenvalue weighted by molar-refractivity contribution is 5.49. The maximum atomic E-state index is 13.7. The lowest BCUT2D eigenvalue weighted by atomic mass is 10.1. The van der Waals surface area contributed by atoms with Crippen LogP contribution in [0.25, 0.3) is 0 Å². The first-order valence-corrected chi connectivity index (χ1v) is 6.49. The number of likely N-dealkylation sites (N-methyl/N-ethyl adjacent to an activating group) is 1. The van der Waals surface area contributed by atoms with Crippen molar-refractivity contribution in [2.75, 3.05) is 25.6 Å². The van der Waals surface area contributed by atoms with Crippen molar-refractivity contribution in [3.05, 3.63) is 59.7 Å². The number of nitrogens with zero attached hydrogens (tertiary/aromatic N) is 1. The van der Waals surface area contributed by atoms with Gasteiger partial charge in [-0.2, -0.15) is 0 Å². The zero-order valence-electron chi connectivity index (χ0n) is 11.9. The molecule has 0 aliphatic rings. The van der Waals surface area contributed by atoms with Crippen molar-refractivity contribution in [1.82, 2.24) is 0 Å². The Kier molecular flexibility index (Phi) is 4.75. The van der Waals surface area contributed by atoms with Crippen LogP contribution in [-0.4, -0.2) is 25.8 Å². The molecule has 0 saturated heterocycles. The number of hydrogen-bond acceptors (Lipinski definition) is 3. The summed E-state index contributed by atoms with van der Waals surface area (Å²) in [6.07, 6.45) is -0.791. The molecule has 0 spiro atoms. The predicted molar refractivity (Wildman–Crippen MR) is 77.6 cm³/mol. The Bertz CT molecular complexity index is 602. The minimum atomic E-state index is -0.791. The van der Waals surface area contributed by atoms with E-state index in [2.05, 4.69) is 0 Å². The number of rotatable bonds is 5. The first-order valence-electron chi connectivity index (χ1n) is 6.49. The molecule has 0 aliphatic carbocycles. The quantitative estimate of drug-likeness (QED) is 0.919. The summed E-state index contributed by atoms with van der Waals surface area (Å²) in [5.74, 6) is -0.638. The van der Waals surface area contributed by atoms with Gasteiger partial charge in [-0.15, -0.1) is 0 Å². The van der Waals surface area contributed by atoms with Gasteiger partial charge in [0.2, 0.25) is 0 Å². The highest BCUT2D eigenvalue weighted by Crippen LogP contribution is 2.24. The second kappa shape index (κ2) is 6.54. The number of halogens is 2. The lowest BCUT2D eigenvalue weighted by Crippen LogP contribution is -2.24. The Morgan fingerprint density at radius 1 is 1.14 bits per heavy atom. The third-order valence-corrected chi connectivity index (χ3v) is 3.28. The van der Waals surface area contributed by atoms with Crippen molar-refractivity contribution in [2.24, 2.45) is 0 Å². The van der Waals surface area contributed by atoms with E-state index in [4.69, 9.17) is 4.74 Å². The van der Waals surface area contributed by atoms with Crippen LogP contribution in [-0.2, 0) is 0 Å². The van der Waals surface area contributed by atoms with Crippen molar-refractivity contribution < 1.29 is 18.6 Å². The highest BCUT2D eigenvalue weighted by atomic mass is 19.1. The topological polar surface area (TPSA) is 32.7 Å². The fraction of sp³-hybridized carbons (Fsp3) is 0.250. The van der Waals surface area contributed by atoms with E-state index in [1.807, 2.05) is 0 Å². The molecule has 112 valence electrons. The lowest BCUT2D eigenvalue weighted by molar-refractivity contribution is 0.185. The normalized spacial score (nSPS) is 12.0. The zero-order valence-corrected chi connectivity index (χ0v) is 11.9. The standard InChI is InChI=1S/C16H17F2NO2/c1-19(13-7-8-16(21-2)14(18)9-13)10-15(20)11-3-5-12(17)6-4-11/h3-9,15,20H,10H2,1-2H3. The van der Waals surface area contributed by atoms with E-state index in [1.54, 1.807) is 18.0 Å². The molecule has 0 fully saturated rings. The van der Waals surface area contributed by atoms with Gasteiger partial charge in [-0.05, 0) is 29.8 Å². The molecule has 21 heavy (non-hydrogen) atoms. The van der Waals surface area contributed by atoms with Gasteiger partial charge < -0.3 is 14.7 Å². The smallest absolute Gasteiger partial charge is 0.167 e.